The fourth-order valence-electron chi connectivity index (χ4n) is 11.0. The van der Waals surface area contributed by atoms with Gasteiger partial charge in [0.05, 0.1) is 6.10 Å². The molecule has 8 atom stereocenters. The number of aliphatic hydroxyl groups excluding tert-OH is 1. The highest BCUT2D eigenvalue weighted by Gasteiger charge is 2.68. The lowest BCUT2D eigenvalue weighted by Gasteiger charge is -2.71. The molecule has 1 nitrogen and oxygen atoms in total. The van der Waals surface area contributed by atoms with Gasteiger partial charge in [0, 0.05) is 0 Å². The molecule has 5 aliphatic rings. The van der Waals surface area contributed by atoms with Crippen LogP contribution in [-0.2, 0) is 0 Å². The van der Waals surface area contributed by atoms with Crippen LogP contribution in [0.4, 0.5) is 0 Å². The van der Waals surface area contributed by atoms with E-state index in [1.54, 1.807) is 0 Å². The average Bonchev–Trinajstić information content (AvgIpc) is 2.71. The molecule has 5 aliphatic carbocycles. The van der Waals surface area contributed by atoms with Crippen LogP contribution in [0.25, 0.3) is 0 Å². The van der Waals surface area contributed by atoms with Crippen molar-refractivity contribution < 1.29 is 5.11 Å². The molecule has 1 heteroatoms. The molecular weight excluding hydrogens is 388 g/mol. The Balaban J connectivity index is 1.58. The Bertz CT molecular complexity index is 805. The lowest BCUT2D eigenvalue weighted by atomic mass is 9.33. The molecule has 4 fully saturated rings. The first-order valence-corrected chi connectivity index (χ1v) is 14.1. The Morgan fingerprint density at radius 3 is 2.22 bits per heavy atom. The van der Waals surface area contributed by atoms with Gasteiger partial charge >= 0.3 is 0 Å². The summed E-state index contributed by atoms with van der Waals surface area (Å²) in [4.78, 5) is 0. The monoisotopic (exact) mass is 440 g/mol. The predicted molar refractivity (Wildman–Crippen MR) is 135 cm³/mol. The Kier molecular flexibility index (Phi) is 5.05. The summed E-state index contributed by atoms with van der Waals surface area (Å²) in [5.74, 6) is 2.23. The normalized spacial score (nSPS) is 53.8. The van der Waals surface area contributed by atoms with Crippen LogP contribution in [0, 0.1) is 50.2 Å². The van der Waals surface area contributed by atoms with Crippen LogP contribution in [0.3, 0.4) is 0 Å². The topological polar surface area (TPSA) is 20.2 Å². The second-order valence-electron chi connectivity index (χ2n) is 15.3. The summed E-state index contributed by atoms with van der Waals surface area (Å²) in [7, 11) is 0. The summed E-state index contributed by atoms with van der Waals surface area (Å²) in [5.41, 5.74) is 4.15. The zero-order valence-electron chi connectivity index (χ0n) is 22.6. The second-order valence-corrected chi connectivity index (χ2v) is 15.3. The molecule has 4 saturated carbocycles. The number of fused-ring (bicyclic) bond motifs is 7. The second kappa shape index (κ2) is 6.89. The Hall–Kier alpha value is -0.300. The van der Waals surface area contributed by atoms with E-state index in [-0.39, 0.29) is 11.5 Å². The summed E-state index contributed by atoms with van der Waals surface area (Å²) >= 11 is 0. The molecule has 0 spiro atoms. The first kappa shape index (κ1) is 23.4. The quantitative estimate of drug-likeness (QED) is 0.405. The van der Waals surface area contributed by atoms with E-state index in [0.717, 1.165) is 18.3 Å². The van der Waals surface area contributed by atoms with Crippen molar-refractivity contribution in [2.75, 3.05) is 0 Å². The molecule has 0 aromatic rings. The standard InChI is InChI=1S/C31H52O/c1-9-31-18-16-26(2,3)20-22(31)21-10-11-24-28(6)14-13-25(32)27(4,5)23(28)12-15-30(24,8)29(21,7)17-19-31/h10,22-25,32H,9,11-20H2,1-8H3/t22-,23?,24?,25-,28-,29-,30+,31+/m0/s1. The fraction of sp³-hybridized carbons (Fsp3) is 0.935. The Morgan fingerprint density at radius 1 is 0.844 bits per heavy atom. The smallest absolute Gasteiger partial charge is 0.0594 e. The summed E-state index contributed by atoms with van der Waals surface area (Å²) < 4.78 is 0. The van der Waals surface area contributed by atoms with Crippen LogP contribution in [0.1, 0.15) is 126 Å². The summed E-state index contributed by atoms with van der Waals surface area (Å²) in [5, 5.41) is 10.9. The van der Waals surface area contributed by atoms with E-state index in [9.17, 15) is 5.11 Å². The molecule has 0 bridgehead atoms. The van der Waals surface area contributed by atoms with Crippen molar-refractivity contribution in [2.45, 2.75) is 132 Å². The largest absolute Gasteiger partial charge is 0.393 e. The van der Waals surface area contributed by atoms with E-state index in [1.807, 2.05) is 5.57 Å². The molecule has 0 aromatic heterocycles. The van der Waals surface area contributed by atoms with Crippen molar-refractivity contribution in [3.8, 4) is 0 Å². The van der Waals surface area contributed by atoms with Crippen molar-refractivity contribution in [3.05, 3.63) is 11.6 Å². The third kappa shape index (κ3) is 2.79. The highest BCUT2D eigenvalue weighted by atomic mass is 16.3. The number of allylic oxidation sites excluding steroid dienone is 2. The van der Waals surface area contributed by atoms with Gasteiger partial charge in [0.1, 0.15) is 0 Å². The van der Waals surface area contributed by atoms with E-state index >= 15 is 0 Å². The molecule has 0 saturated heterocycles. The number of rotatable bonds is 1. The van der Waals surface area contributed by atoms with E-state index in [2.05, 4.69) is 61.5 Å². The highest BCUT2D eigenvalue weighted by molar-refractivity contribution is 5.33. The maximum atomic E-state index is 10.9. The van der Waals surface area contributed by atoms with Crippen LogP contribution in [0.15, 0.2) is 11.6 Å². The Labute approximate surface area is 199 Å². The van der Waals surface area contributed by atoms with E-state index in [1.165, 1.54) is 64.2 Å². The van der Waals surface area contributed by atoms with Crippen molar-refractivity contribution >= 4 is 0 Å². The van der Waals surface area contributed by atoms with E-state index in [0.29, 0.717) is 33.0 Å². The molecular formula is C31H52O. The molecule has 0 amide bonds. The molecule has 0 heterocycles. The molecule has 182 valence electrons. The Morgan fingerprint density at radius 2 is 1.53 bits per heavy atom. The van der Waals surface area contributed by atoms with Crippen LogP contribution in [0.2, 0.25) is 0 Å². The molecule has 0 radical (unpaired) electrons. The lowest BCUT2D eigenvalue weighted by Crippen LogP contribution is -2.64. The van der Waals surface area contributed by atoms with Crippen molar-refractivity contribution in [1.82, 2.24) is 0 Å². The van der Waals surface area contributed by atoms with Crippen LogP contribution in [0.5, 0.6) is 0 Å². The van der Waals surface area contributed by atoms with Gasteiger partial charge in [-0.05, 0) is 121 Å². The highest BCUT2D eigenvalue weighted by Crippen LogP contribution is 2.76. The van der Waals surface area contributed by atoms with E-state index < -0.39 is 0 Å². The van der Waals surface area contributed by atoms with Gasteiger partial charge in [0.15, 0.2) is 0 Å². The van der Waals surface area contributed by atoms with Gasteiger partial charge in [-0.3, -0.25) is 0 Å². The minimum Gasteiger partial charge on any atom is -0.393 e. The zero-order chi connectivity index (χ0) is 23.4. The van der Waals surface area contributed by atoms with Gasteiger partial charge < -0.3 is 5.11 Å². The van der Waals surface area contributed by atoms with Gasteiger partial charge in [0.25, 0.3) is 0 Å². The fourth-order valence-corrected chi connectivity index (χ4v) is 11.0. The van der Waals surface area contributed by atoms with Crippen molar-refractivity contribution in [1.29, 1.82) is 0 Å². The number of hydrogen-bond donors (Lipinski definition) is 1. The summed E-state index contributed by atoms with van der Waals surface area (Å²) in [6.07, 6.45) is 17.3. The first-order chi connectivity index (χ1) is 14.8. The molecule has 5 rings (SSSR count). The van der Waals surface area contributed by atoms with Crippen LogP contribution >= 0.6 is 0 Å². The van der Waals surface area contributed by atoms with Gasteiger partial charge in [-0.2, -0.15) is 0 Å². The number of aliphatic hydroxyl groups is 1. The van der Waals surface area contributed by atoms with Crippen molar-refractivity contribution in [3.63, 3.8) is 0 Å². The zero-order valence-corrected chi connectivity index (χ0v) is 22.6. The van der Waals surface area contributed by atoms with Crippen LogP contribution < -0.4 is 0 Å². The number of hydrogen-bond acceptors (Lipinski definition) is 1. The maximum Gasteiger partial charge on any atom is 0.0594 e. The lowest BCUT2D eigenvalue weighted by molar-refractivity contribution is -0.203. The van der Waals surface area contributed by atoms with E-state index in [4.69, 9.17) is 0 Å². The van der Waals surface area contributed by atoms with Crippen molar-refractivity contribution in [2.24, 2.45) is 50.2 Å². The third-order valence-electron chi connectivity index (χ3n) is 13.5. The minimum absolute atomic E-state index is 0.0521. The summed E-state index contributed by atoms with van der Waals surface area (Å²) in [6, 6.07) is 0. The molecule has 32 heavy (non-hydrogen) atoms. The maximum absolute atomic E-state index is 10.9. The minimum atomic E-state index is -0.125. The molecule has 2 unspecified atom stereocenters. The predicted octanol–water partition coefficient (Wildman–Crippen LogP) is 8.56. The molecule has 0 aliphatic heterocycles. The third-order valence-corrected chi connectivity index (χ3v) is 13.5. The van der Waals surface area contributed by atoms with Gasteiger partial charge in [-0.15, -0.1) is 0 Å². The SMILES string of the molecule is CC[C@]12CCC(C)(C)C[C@H]1C1=CCC3[C@@]4(C)CC[C@H](O)C(C)(C)C4CC[C@@]3(C)[C@@]1(C)CC2. The summed E-state index contributed by atoms with van der Waals surface area (Å²) in [6.45, 7) is 20.4. The van der Waals surface area contributed by atoms with Gasteiger partial charge in [-0.25, -0.2) is 0 Å². The first-order valence-electron chi connectivity index (χ1n) is 14.1. The van der Waals surface area contributed by atoms with Gasteiger partial charge in [-0.1, -0.05) is 67.0 Å². The molecule has 0 aromatic carbocycles. The molecule has 1 N–H and O–H groups in total. The van der Waals surface area contributed by atoms with Gasteiger partial charge in [0.2, 0.25) is 0 Å². The average molecular weight is 441 g/mol. The van der Waals surface area contributed by atoms with Crippen LogP contribution in [-0.4, -0.2) is 11.2 Å².